The number of hydrogen-bond acceptors (Lipinski definition) is 4. The average molecular weight is 462 g/mol. The topological polar surface area (TPSA) is 86.8 Å². The van der Waals surface area contributed by atoms with E-state index in [0.29, 0.717) is 5.56 Å². The Labute approximate surface area is 188 Å². The molecule has 1 aliphatic rings. The lowest BCUT2D eigenvalue weighted by atomic mass is 10.0. The number of hydrogen-bond donors (Lipinski definition) is 1. The van der Waals surface area contributed by atoms with E-state index in [1.807, 2.05) is 26.8 Å². The van der Waals surface area contributed by atoms with Crippen molar-refractivity contribution in [2.24, 2.45) is 5.92 Å². The van der Waals surface area contributed by atoms with Gasteiger partial charge in [-0.15, -0.1) is 0 Å². The van der Waals surface area contributed by atoms with E-state index in [2.05, 4.69) is 5.32 Å². The number of halogens is 1. The van der Waals surface area contributed by atoms with E-state index in [1.165, 1.54) is 16.4 Å². The largest absolute Gasteiger partial charge is 0.340 e. The van der Waals surface area contributed by atoms with Crippen molar-refractivity contribution in [3.63, 3.8) is 0 Å². The summed E-state index contributed by atoms with van der Waals surface area (Å²) in [4.78, 5) is 27.4. The molecule has 0 unspecified atom stereocenters. The van der Waals surface area contributed by atoms with Gasteiger partial charge in [-0.1, -0.05) is 31.5 Å². The van der Waals surface area contributed by atoms with Crippen LogP contribution in [0.1, 0.15) is 29.8 Å². The fourth-order valence-electron chi connectivity index (χ4n) is 3.63. The molecule has 7 nitrogen and oxygen atoms in total. The molecular weight excluding hydrogens is 433 g/mol. The van der Waals surface area contributed by atoms with Gasteiger partial charge in [-0.3, -0.25) is 9.59 Å². The van der Waals surface area contributed by atoms with Crippen LogP contribution in [0.15, 0.2) is 53.4 Å². The lowest BCUT2D eigenvalue weighted by Crippen LogP contribution is -2.57. The van der Waals surface area contributed by atoms with Gasteiger partial charge in [-0.05, 0) is 49.2 Å². The van der Waals surface area contributed by atoms with Crippen molar-refractivity contribution in [1.29, 1.82) is 0 Å². The minimum absolute atomic E-state index is 0.0177. The first-order valence-corrected chi connectivity index (χ1v) is 12.0. The van der Waals surface area contributed by atoms with Crippen LogP contribution in [0.3, 0.4) is 0 Å². The Hall–Kier alpha value is -2.78. The molecule has 1 N–H and O–H groups in total. The number of nitrogens with zero attached hydrogens (tertiary/aromatic N) is 2. The molecule has 2 amide bonds. The molecular formula is C23H28FN3O4S. The van der Waals surface area contributed by atoms with Crippen molar-refractivity contribution in [3.8, 4) is 0 Å². The first-order valence-electron chi connectivity index (χ1n) is 10.5. The normalized spacial score (nSPS) is 16.1. The van der Waals surface area contributed by atoms with Gasteiger partial charge in [0.1, 0.15) is 11.9 Å². The fraction of sp³-hybridized carbons (Fsp3) is 0.391. The zero-order chi connectivity index (χ0) is 23.5. The summed E-state index contributed by atoms with van der Waals surface area (Å²) < 4.78 is 40.0. The van der Waals surface area contributed by atoms with E-state index in [1.54, 1.807) is 23.1 Å². The van der Waals surface area contributed by atoms with Crippen LogP contribution in [0.25, 0.3) is 0 Å². The quantitative estimate of drug-likeness (QED) is 0.716. The van der Waals surface area contributed by atoms with Crippen LogP contribution in [0.2, 0.25) is 0 Å². The second kappa shape index (κ2) is 9.79. The van der Waals surface area contributed by atoms with E-state index in [-0.39, 0.29) is 48.8 Å². The Morgan fingerprint density at radius 1 is 1.00 bits per heavy atom. The molecule has 2 aromatic rings. The third-order valence-corrected chi connectivity index (χ3v) is 7.41. The molecule has 0 saturated carbocycles. The van der Waals surface area contributed by atoms with Crippen LogP contribution in [-0.2, 0) is 14.8 Å². The van der Waals surface area contributed by atoms with Crippen LogP contribution in [0.5, 0.6) is 0 Å². The number of sulfonamides is 1. The highest BCUT2D eigenvalue weighted by atomic mass is 32.2. The SMILES string of the molecule is Cc1cccc(C(=O)N[C@H](C(=O)N2CCN(S(=O)(=O)c3ccc(F)cc3)CC2)C(C)C)c1. The van der Waals surface area contributed by atoms with Crippen molar-refractivity contribution >= 4 is 21.8 Å². The minimum atomic E-state index is -3.76. The van der Waals surface area contributed by atoms with Crippen LogP contribution in [-0.4, -0.2) is 61.7 Å². The third-order valence-electron chi connectivity index (χ3n) is 5.50. The summed E-state index contributed by atoms with van der Waals surface area (Å²) in [7, 11) is -3.76. The number of nitrogens with one attached hydrogen (secondary N) is 1. The van der Waals surface area contributed by atoms with Crippen molar-refractivity contribution < 1.29 is 22.4 Å². The summed E-state index contributed by atoms with van der Waals surface area (Å²) in [6, 6.07) is 11.1. The Balaban J connectivity index is 1.65. The monoisotopic (exact) mass is 461 g/mol. The van der Waals surface area contributed by atoms with Gasteiger partial charge in [0.05, 0.1) is 4.90 Å². The Morgan fingerprint density at radius 3 is 2.19 bits per heavy atom. The number of carbonyl (C=O) groups excluding carboxylic acids is 2. The van der Waals surface area contributed by atoms with Gasteiger partial charge in [0.25, 0.3) is 5.91 Å². The van der Waals surface area contributed by atoms with Crippen molar-refractivity contribution in [2.45, 2.75) is 31.7 Å². The number of piperazine rings is 1. The number of aryl methyl sites for hydroxylation is 1. The Morgan fingerprint density at radius 2 is 1.62 bits per heavy atom. The van der Waals surface area contributed by atoms with Crippen LogP contribution in [0, 0.1) is 18.7 Å². The lowest BCUT2D eigenvalue weighted by molar-refractivity contribution is -0.135. The molecule has 172 valence electrons. The van der Waals surface area contributed by atoms with Crippen LogP contribution in [0.4, 0.5) is 4.39 Å². The molecule has 1 atom stereocenters. The summed E-state index contributed by atoms with van der Waals surface area (Å²) in [5, 5.41) is 2.83. The van der Waals surface area contributed by atoms with Gasteiger partial charge in [-0.2, -0.15) is 4.31 Å². The van der Waals surface area contributed by atoms with Crippen LogP contribution < -0.4 is 5.32 Å². The summed E-state index contributed by atoms with van der Waals surface area (Å²) in [6.07, 6.45) is 0. The Kier molecular flexibility index (Phi) is 7.30. The molecule has 1 heterocycles. The number of carbonyl (C=O) groups is 2. The van der Waals surface area contributed by atoms with E-state index in [4.69, 9.17) is 0 Å². The van der Waals surface area contributed by atoms with Crippen molar-refractivity contribution in [3.05, 3.63) is 65.5 Å². The fourth-order valence-corrected chi connectivity index (χ4v) is 5.05. The lowest BCUT2D eigenvalue weighted by Gasteiger charge is -2.36. The highest BCUT2D eigenvalue weighted by molar-refractivity contribution is 7.89. The first kappa shape index (κ1) is 23.9. The van der Waals surface area contributed by atoms with Gasteiger partial charge < -0.3 is 10.2 Å². The summed E-state index contributed by atoms with van der Waals surface area (Å²) in [6.45, 7) is 6.28. The highest BCUT2D eigenvalue weighted by Crippen LogP contribution is 2.19. The molecule has 0 aromatic heterocycles. The smallest absolute Gasteiger partial charge is 0.251 e. The van der Waals surface area contributed by atoms with Crippen molar-refractivity contribution in [2.75, 3.05) is 26.2 Å². The highest BCUT2D eigenvalue weighted by Gasteiger charge is 2.34. The van der Waals surface area contributed by atoms with E-state index in [9.17, 15) is 22.4 Å². The summed E-state index contributed by atoms with van der Waals surface area (Å²) >= 11 is 0. The molecule has 1 fully saturated rings. The van der Waals surface area contributed by atoms with Gasteiger partial charge in [0.15, 0.2) is 0 Å². The maximum atomic E-state index is 13.1. The maximum Gasteiger partial charge on any atom is 0.251 e. The summed E-state index contributed by atoms with van der Waals surface area (Å²) in [5.74, 6) is -1.21. The molecule has 0 spiro atoms. The molecule has 3 rings (SSSR count). The Bertz CT molecular complexity index is 1080. The number of rotatable bonds is 6. The zero-order valence-corrected chi connectivity index (χ0v) is 19.2. The average Bonchev–Trinajstić information content (AvgIpc) is 2.77. The predicted octanol–water partition coefficient (Wildman–Crippen LogP) is 2.42. The van der Waals surface area contributed by atoms with E-state index < -0.39 is 21.9 Å². The molecule has 2 aromatic carbocycles. The molecule has 9 heteroatoms. The standard InChI is InChI=1S/C23H28FN3O4S/c1-16(2)21(25-22(28)18-6-4-5-17(3)15-18)23(29)26-11-13-27(14-12-26)32(30,31)20-9-7-19(24)8-10-20/h4-10,15-16,21H,11-14H2,1-3H3,(H,25,28)/t21-/m0/s1. The minimum Gasteiger partial charge on any atom is -0.340 e. The van der Waals surface area contributed by atoms with E-state index >= 15 is 0 Å². The zero-order valence-electron chi connectivity index (χ0n) is 18.4. The molecule has 0 radical (unpaired) electrons. The molecule has 32 heavy (non-hydrogen) atoms. The molecule has 1 aliphatic heterocycles. The first-order chi connectivity index (χ1) is 15.1. The second-order valence-electron chi connectivity index (χ2n) is 8.25. The van der Waals surface area contributed by atoms with Gasteiger partial charge in [-0.25, -0.2) is 12.8 Å². The molecule has 0 bridgehead atoms. The van der Waals surface area contributed by atoms with Crippen molar-refractivity contribution in [1.82, 2.24) is 14.5 Å². The van der Waals surface area contributed by atoms with E-state index in [0.717, 1.165) is 17.7 Å². The van der Waals surface area contributed by atoms with Gasteiger partial charge >= 0.3 is 0 Å². The van der Waals surface area contributed by atoms with Gasteiger partial charge in [0, 0.05) is 31.7 Å². The molecule has 0 aliphatic carbocycles. The summed E-state index contributed by atoms with van der Waals surface area (Å²) in [5.41, 5.74) is 1.43. The number of amides is 2. The third kappa shape index (κ3) is 5.34. The van der Waals surface area contributed by atoms with Crippen LogP contribution >= 0.6 is 0 Å². The number of benzene rings is 2. The van der Waals surface area contributed by atoms with Gasteiger partial charge in [0.2, 0.25) is 15.9 Å². The predicted molar refractivity (Wildman–Crippen MR) is 119 cm³/mol. The second-order valence-corrected chi connectivity index (χ2v) is 10.2. The molecule has 1 saturated heterocycles. The maximum absolute atomic E-state index is 13.1.